The Labute approximate surface area is 193 Å². The van der Waals surface area contributed by atoms with Crippen LogP contribution in [-0.4, -0.2) is 69.4 Å². The number of hydrogen-bond donors (Lipinski definition) is 3. The van der Waals surface area contributed by atoms with Gasteiger partial charge in [0.2, 0.25) is 0 Å². The van der Waals surface area contributed by atoms with Gasteiger partial charge in [-0.15, -0.1) is 24.0 Å². The van der Waals surface area contributed by atoms with Crippen molar-refractivity contribution in [3.8, 4) is 0 Å². The van der Waals surface area contributed by atoms with Crippen LogP contribution in [0, 0.1) is 0 Å². The van der Waals surface area contributed by atoms with E-state index in [9.17, 15) is 0 Å². The average molecular weight is 515 g/mol. The number of aliphatic imine (C=N–C) groups is 1. The van der Waals surface area contributed by atoms with Crippen LogP contribution in [0.2, 0.25) is 0 Å². The van der Waals surface area contributed by atoms with Crippen molar-refractivity contribution in [3.63, 3.8) is 0 Å². The second kappa shape index (κ2) is 12.7. The summed E-state index contributed by atoms with van der Waals surface area (Å²) in [6, 6.07) is 11.1. The molecule has 2 aliphatic rings. The zero-order valence-electron chi connectivity index (χ0n) is 18.0. The molecule has 1 aliphatic heterocycles. The number of hydrogen-bond acceptors (Lipinski definition) is 4. The lowest BCUT2D eigenvalue weighted by atomic mass is 9.94. The van der Waals surface area contributed by atoms with Crippen molar-refractivity contribution in [2.24, 2.45) is 4.99 Å². The summed E-state index contributed by atoms with van der Waals surface area (Å²) in [5.74, 6) is 0.897. The number of morpholine rings is 1. The van der Waals surface area contributed by atoms with E-state index in [0.29, 0.717) is 6.04 Å². The lowest BCUT2D eigenvalue weighted by molar-refractivity contribution is 0.0389. The fourth-order valence-corrected chi connectivity index (χ4v) is 4.34. The summed E-state index contributed by atoms with van der Waals surface area (Å²) in [4.78, 5) is 6.86. The zero-order valence-corrected chi connectivity index (χ0v) is 20.3. The maximum Gasteiger partial charge on any atom is 0.191 e. The molecule has 1 saturated carbocycles. The quantitative estimate of drug-likeness (QED) is 0.283. The van der Waals surface area contributed by atoms with E-state index in [0.717, 1.165) is 51.9 Å². The fourth-order valence-electron chi connectivity index (χ4n) is 4.34. The molecule has 3 N–H and O–H groups in total. The van der Waals surface area contributed by atoms with Crippen molar-refractivity contribution in [2.45, 2.75) is 44.2 Å². The van der Waals surface area contributed by atoms with Crippen molar-refractivity contribution in [1.29, 1.82) is 0 Å². The van der Waals surface area contributed by atoms with Crippen LogP contribution in [0.5, 0.6) is 0 Å². The zero-order chi connectivity index (χ0) is 19.7. The summed E-state index contributed by atoms with van der Waals surface area (Å²) >= 11 is 0. The lowest BCUT2D eigenvalue weighted by Crippen LogP contribution is -2.54. The number of halogens is 1. The highest BCUT2D eigenvalue weighted by Crippen LogP contribution is 2.31. The minimum absolute atomic E-state index is 0. The highest BCUT2D eigenvalue weighted by Gasteiger charge is 2.35. The Kier molecular flexibility index (Phi) is 10.7. The maximum atomic E-state index is 5.41. The summed E-state index contributed by atoms with van der Waals surface area (Å²) in [7, 11) is 1.85. The molecule has 1 atom stereocenters. The molecule has 1 aromatic carbocycles. The Balaban J connectivity index is 0.00000300. The SMILES string of the molecule is CN=C(NCCN1CCOCC1)NCC1(NC(C)c2ccccc2)CCCC1.I. The predicted molar refractivity (Wildman–Crippen MR) is 131 cm³/mol. The van der Waals surface area contributed by atoms with Crippen molar-refractivity contribution < 1.29 is 4.74 Å². The van der Waals surface area contributed by atoms with Gasteiger partial charge in [-0.05, 0) is 25.3 Å². The van der Waals surface area contributed by atoms with Crippen LogP contribution in [0.15, 0.2) is 35.3 Å². The van der Waals surface area contributed by atoms with Gasteiger partial charge in [0.05, 0.1) is 13.2 Å². The van der Waals surface area contributed by atoms with E-state index in [-0.39, 0.29) is 29.5 Å². The molecule has 2 fully saturated rings. The van der Waals surface area contributed by atoms with Gasteiger partial charge >= 0.3 is 0 Å². The van der Waals surface area contributed by atoms with Crippen LogP contribution in [0.1, 0.15) is 44.2 Å². The van der Waals surface area contributed by atoms with Gasteiger partial charge in [0.25, 0.3) is 0 Å². The van der Waals surface area contributed by atoms with E-state index in [1.807, 2.05) is 7.05 Å². The molecule has 6 nitrogen and oxygen atoms in total. The molecule has 7 heteroatoms. The topological polar surface area (TPSA) is 60.9 Å². The van der Waals surface area contributed by atoms with Crippen LogP contribution in [-0.2, 0) is 4.74 Å². The molecule has 0 spiro atoms. The molecule has 1 aromatic rings. The summed E-state index contributed by atoms with van der Waals surface area (Å²) in [6.07, 6.45) is 5.00. The Hall–Kier alpha value is -0.900. The number of rotatable bonds is 8. The summed E-state index contributed by atoms with van der Waals surface area (Å²) < 4.78 is 5.41. The smallest absolute Gasteiger partial charge is 0.191 e. The van der Waals surface area contributed by atoms with Crippen molar-refractivity contribution in [2.75, 3.05) is 53.0 Å². The average Bonchev–Trinajstić information content (AvgIpc) is 3.20. The van der Waals surface area contributed by atoms with Crippen molar-refractivity contribution >= 4 is 29.9 Å². The molecule has 0 radical (unpaired) electrons. The third-order valence-corrected chi connectivity index (χ3v) is 6.02. The lowest BCUT2D eigenvalue weighted by Gasteiger charge is -2.35. The molecular formula is C22H38IN5O. The van der Waals surface area contributed by atoms with E-state index >= 15 is 0 Å². The summed E-state index contributed by atoms with van der Waals surface area (Å²) in [5.41, 5.74) is 1.48. The third kappa shape index (κ3) is 7.70. The van der Waals surface area contributed by atoms with Crippen LogP contribution >= 0.6 is 24.0 Å². The second-order valence-corrected chi connectivity index (χ2v) is 8.07. The van der Waals surface area contributed by atoms with Gasteiger partial charge in [-0.3, -0.25) is 9.89 Å². The highest BCUT2D eigenvalue weighted by atomic mass is 127. The number of guanidine groups is 1. The molecule has 0 amide bonds. The minimum atomic E-state index is 0. The molecule has 1 aliphatic carbocycles. The van der Waals surface area contributed by atoms with Crippen LogP contribution in [0.25, 0.3) is 0 Å². The molecular weight excluding hydrogens is 477 g/mol. The van der Waals surface area contributed by atoms with Gasteiger partial charge in [0, 0.05) is 51.4 Å². The Morgan fingerprint density at radius 2 is 1.83 bits per heavy atom. The molecule has 1 saturated heterocycles. The Morgan fingerprint density at radius 3 is 2.48 bits per heavy atom. The molecule has 164 valence electrons. The van der Waals surface area contributed by atoms with E-state index in [4.69, 9.17) is 4.74 Å². The molecule has 0 aromatic heterocycles. The van der Waals surface area contributed by atoms with Crippen LogP contribution in [0.3, 0.4) is 0 Å². The van der Waals surface area contributed by atoms with Gasteiger partial charge in [-0.25, -0.2) is 0 Å². The van der Waals surface area contributed by atoms with Crippen LogP contribution < -0.4 is 16.0 Å². The van der Waals surface area contributed by atoms with Gasteiger partial charge in [-0.1, -0.05) is 43.2 Å². The van der Waals surface area contributed by atoms with Gasteiger partial charge in [0.15, 0.2) is 5.96 Å². The van der Waals surface area contributed by atoms with Crippen LogP contribution in [0.4, 0.5) is 0 Å². The molecule has 1 unspecified atom stereocenters. The van der Waals surface area contributed by atoms with E-state index in [2.05, 4.69) is 63.1 Å². The molecule has 1 heterocycles. The fraction of sp³-hybridized carbons (Fsp3) is 0.682. The molecule has 29 heavy (non-hydrogen) atoms. The maximum absolute atomic E-state index is 5.41. The first-order valence-electron chi connectivity index (χ1n) is 10.8. The number of benzene rings is 1. The van der Waals surface area contributed by atoms with Gasteiger partial charge < -0.3 is 20.7 Å². The standard InChI is InChI=1S/C22H37N5O.HI/c1-19(20-8-4-3-5-9-20)26-22(10-6-7-11-22)18-25-21(23-2)24-12-13-27-14-16-28-17-15-27;/h3-5,8-9,19,26H,6-7,10-18H2,1-2H3,(H2,23,24,25);1H. The van der Waals surface area contributed by atoms with E-state index in [1.54, 1.807) is 0 Å². The van der Waals surface area contributed by atoms with E-state index < -0.39 is 0 Å². The Morgan fingerprint density at radius 1 is 1.14 bits per heavy atom. The normalized spacial score (nSPS) is 20.7. The number of ether oxygens (including phenoxy) is 1. The largest absolute Gasteiger partial charge is 0.379 e. The first kappa shape index (κ1) is 24.4. The van der Waals surface area contributed by atoms with Gasteiger partial charge in [0.1, 0.15) is 0 Å². The number of nitrogens with one attached hydrogen (secondary N) is 3. The monoisotopic (exact) mass is 515 g/mol. The highest BCUT2D eigenvalue weighted by molar-refractivity contribution is 14.0. The summed E-state index contributed by atoms with van der Waals surface area (Å²) in [6.45, 7) is 8.85. The van der Waals surface area contributed by atoms with Gasteiger partial charge in [-0.2, -0.15) is 0 Å². The van der Waals surface area contributed by atoms with E-state index in [1.165, 1.54) is 31.2 Å². The van der Waals surface area contributed by atoms with Crippen molar-refractivity contribution in [1.82, 2.24) is 20.9 Å². The second-order valence-electron chi connectivity index (χ2n) is 8.07. The van der Waals surface area contributed by atoms with Crippen molar-refractivity contribution in [3.05, 3.63) is 35.9 Å². The first-order valence-corrected chi connectivity index (χ1v) is 10.8. The first-order chi connectivity index (χ1) is 13.7. The third-order valence-electron chi connectivity index (χ3n) is 6.02. The summed E-state index contributed by atoms with van der Waals surface area (Å²) in [5, 5.41) is 11.0. The Bertz CT molecular complexity index is 600. The molecule has 3 rings (SSSR count). The minimum Gasteiger partial charge on any atom is -0.379 e. The predicted octanol–water partition coefficient (Wildman–Crippen LogP) is 2.77. The molecule has 0 bridgehead atoms. The number of nitrogens with zero attached hydrogens (tertiary/aromatic N) is 2.